The fourth-order valence-corrected chi connectivity index (χ4v) is 6.01. The smallest absolute Gasteiger partial charge is 0.245 e. The first-order valence-corrected chi connectivity index (χ1v) is 12.4. The van der Waals surface area contributed by atoms with Crippen molar-refractivity contribution in [2.45, 2.75) is 31.3 Å². The summed E-state index contributed by atoms with van der Waals surface area (Å²) in [6.45, 7) is 4.22. The maximum absolute atomic E-state index is 12.8. The molecule has 11 heteroatoms. The minimum absolute atomic E-state index is 0.140. The largest absolute Gasteiger partial charge is 0.493 e. The van der Waals surface area contributed by atoms with E-state index in [1.54, 1.807) is 30.0 Å². The first-order valence-electron chi connectivity index (χ1n) is 10.3. The third kappa shape index (κ3) is 4.82. The van der Waals surface area contributed by atoms with Crippen molar-refractivity contribution in [1.29, 1.82) is 0 Å². The SMILES string of the molecule is C[C@@H](C(=O)N1CCOCC1)N1CC[C@H](NS(=O)(=O)CC2COc3cc(Cl)ccc32)C1=O. The average molecular weight is 472 g/mol. The molecule has 4 rings (SSSR count). The van der Waals surface area contributed by atoms with E-state index < -0.39 is 22.1 Å². The molecule has 2 saturated heterocycles. The van der Waals surface area contributed by atoms with E-state index in [1.165, 1.54) is 4.90 Å². The molecule has 31 heavy (non-hydrogen) atoms. The molecule has 170 valence electrons. The van der Waals surface area contributed by atoms with E-state index in [-0.39, 0.29) is 30.1 Å². The predicted octanol–water partition coefficient (Wildman–Crippen LogP) is 0.584. The van der Waals surface area contributed by atoms with Crippen molar-refractivity contribution >= 4 is 33.4 Å². The maximum Gasteiger partial charge on any atom is 0.245 e. The van der Waals surface area contributed by atoms with Crippen LogP contribution >= 0.6 is 11.6 Å². The molecule has 9 nitrogen and oxygen atoms in total. The standard InChI is InChI=1S/C20H26ClN3O6S/c1-13(19(25)23-6-8-29-9-7-23)24-5-4-17(20(24)26)22-31(27,28)12-14-11-30-18-10-15(21)2-3-16(14)18/h2-3,10,13-14,17,22H,4-9,11-12H2,1H3/t13-,14?,17-/m0/s1. The molecule has 0 aliphatic carbocycles. The molecule has 3 atom stereocenters. The van der Waals surface area contributed by atoms with Crippen molar-refractivity contribution in [2.24, 2.45) is 0 Å². The molecule has 0 saturated carbocycles. The van der Waals surface area contributed by atoms with Gasteiger partial charge in [-0.3, -0.25) is 9.59 Å². The second kappa shape index (κ2) is 8.93. The minimum Gasteiger partial charge on any atom is -0.493 e. The lowest BCUT2D eigenvalue weighted by atomic mass is 10.0. The third-order valence-corrected chi connectivity index (χ3v) is 7.71. The van der Waals surface area contributed by atoms with E-state index >= 15 is 0 Å². The molecule has 0 aromatic heterocycles. The number of nitrogens with one attached hydrogen (secondary N) is 1. The lowest BCUT2D eigenvalue weighted by Crippen LogP contribution is -2.52. The van der Waals surface area contributed by atoms with Gasteiger partial charge < -0.3 is 19.3 Å². The Morgan fingerprint density at radius 1 is 1.29 bits per heavy atom. The quantitative estimate of drug-likeness (QED) is 0.650. The number of halogens is 1. The summed E-state index contributed by atoms with van der Waals surface area (Å²) >= 11 is 5.96. The van der Waals surface area contributed by atoms with Gasteiger partial charge in [-0.2, -0.15) is 0 Å². The predicted molar refractivity (Wildman–Crippen MR) is 114 cm³/mol. The molecule has 0 radical (unpaired) electrons. The molecule has 3 aliphatic rings. The number of fused-ring (bicyclic) bond motifs is 1. The van der Waals surface area contributed by atoms with E-state index in [9.17, 15) is 18.0 Å². The Labute approximate surface area is 186 Å². The Kier molecular flexibility index (Phi) is 6.43. The van der Waals surface area contributed by atoms with Gasteiger partial charge in [-0.25, -0.2) is 13.1 Å². The van der Waals surface area contributed by atoms with Crippen LogP contribution in [-0.4, -0.2) is 87.3 Å². The highest BCUT2D eigenvalue weighted by molar-refractivity contribution is 7.89. The fraction of sp³-hybridized carbons (Fsp3) is 0.600. The van der Waals surface area contributed by atoms with Gasteiger partial charge in [0, 0.05) is 36.1 Å². The van der Waals surface area contributed by atoms with Crippen molar-refractivity contribution < 1.29 is 27.5 Å². The summed E-state index contributed by atoms with van der Waals surface area (Å²) in [5.74, 6) is -0.440. The van der Waals surface area contributed by atoms with Crippen molar-refractivity contribution in [3.8, 4) is 5.75 Å². The van der Waals surface area contributed by atoms with Gasteiger partial charge in [0.1, 0.15) is 17.8 Å². The number of benzene rings is 1. The van der Waals surface area contributed by atoms with Crippen LogP contribution in [0.4, 0.5) is 0 Å². The lowest BCUT2D eigenvalue weighted by Gasteiger charge is -2.32. The molecule has 0 spiro atoms. The molecule has 1 aromatic carbocycles. The van der Waals surface area contributed by atoms with Crippen LogP contribution in [0.1, 0.15) is 24.8 Å². The summed E-state index contributed by atoms with van der Waals surface area (Å²) in [5.41, 5.74) is 0.791. The summed E-state index contributed by atoms with van der Waals surface area (Å²) in [6.07, 6.45) is 0.326. The zero-order valence-electron chi connectivity index (χ0n) is 17.3. The van der Waals surface area contributed by atoms with Crippen molar-refractivity contribution in [2.75, 3.05) is 45.2 Å². The van der Waals surface area contributed by atoms with Gasteiger partial charge in [0.25, 0.3) is 0 Å². The second-order valence-corrected chi connectivity index (χ2v) is 10.3. The van der Waals surface area contributed by atoms with Crippen molar-refractivity contribution in [3.63, 3.8) is 0 Å². The van der Waals surface area contributed by atoms with Crippen LogP contribution < -0.4 is 9.46 Å². The van der Waals surface area contributed by atoms with Gasteiger partial charge in [0.2, 0.25) is 21.8 Å². The zero-order valence-corrected chi connectivity index (χ0v) is 18.8. The number of carbonyl (C=O) groups excluding carboxylic acids is 2. The van der Waals surface area contributed by atoms with E-state index in [4.69, 9.17) is 21.1 Å². The number of rotatable bonds is 6. The fourth-order valence-electron chi connectivity index (χ4n) is 4.30. The van der Waals surface area contributed by atoms with Gasteiger partial charge in [-0.15, -0.1) is 0 Å². The Morgan fingerprint density at radius 2 is 2.03 bits per heavy atom. The number of amides is 2. The van der Waals surface area contributed by atoms with Crippen LogP contribution in [0.2, 0.25) is 5.02 Å². The number of hydrogen-bond donors (Lipinski definition) is 1. The first-order chi connectivity index (χ1) is 14.7. The molecule has 3 aliphatic heterocycles. The molecule has 1 aromatic rings. The Morgan fingerprint density at radius 3 is 2.77 bits per heavy atom. The highest BCUT2D eigenvalue weighted by Gasteiger charge is 2.40. The number of carbonyl (C=O) groups is 2. The highest BCUT2D eigenvalue weighted by atomic mass is 35.5. The van der Waals surface area contributed by atoms with E-state index in [0.29, 0.717) is 50.0 Å². The lowest BCUT2D eigenvalue weighted by molar-refractivity contribution is -0.146. The van der Waals surface area contributed by atoms with Gasteiger partial charge >= 0.3 is 0 Å². The van der Waals surface area contributed by atoms with Crippen LogP contribution in [0.15, 0.2) is 18.2 Å². The molecule has 1 N–H and O–H groups in total. The number of hydrogen-bond acceptors (Lipinski definition) is 6. The average Bonchev–Trinajstić information content (AvgIpc) is 3.30. The number of ether oxygens (including phenoxy) is 2. The molecular weight excluding hydrogens is 446 g/mol. The number of morpholine rings is 1. The molecule has 1 unspecified atom stereocenters. The molecule has 0 bridgehead atoms. The second-order valence-electron chi connectivity index (χ2n) is 8.08. The zero-order chi connectivity index (χ0) is 22.2. The van der Waals surface area contributed by atoms with Gasteiger partial charge in [-0.1, -0.05) is 17.7 Å². The number of sulfonamides is 1. The van der Waals surface area contributed by atoms with Gasteiger partial charge in [0.15, 0.2) is 0 Å². The Balaban J connectivity index is 1.36. The third-order valence-electron chi connectivity index (χ3n) is 5.99. The van der Waals surface area contributed by atoms with Crippen LogP contribution in [-0.2, 0) is 24.3 Å². The summed E-state index contributed by atoms with van der Waals surface area (Å²) in [5, 5.41) is 0.526. The van der Waals surface area contributed by atoms with Crippen LogP contribution in [0.5, 0.6) is 5.75 Å². The van der Waals surface area contributed by atoms with E-state index in [2.05, 4.69) is 4.72 Å². The monoisotopic (exact) mass is 471 g/mol. The summed E-state index contributed by atoms with van der Waals surface area (Å²) in [4.78, 5) is 28.7. The number of likely N-dealkylation sites (tertiary alicyclic amines) is 1. The minimum atomic E-state index is -3.75. The van der Waals surface area contributed by atoms with Crippen molar-refractivity contribution in [3.05, 3.63) is 28.8 Å². The van der Waals surface area contributed by atoms with E-state index in [0.717, 1.165) is 5.56 Å². The Hall–Kier alpha value is -1.88. The summed E-state index contributed by atoms with van der Waals surface area (Å²) < 4.78 is 38.9. The van der Waals surface area contributed by atoms with Crippen LogP contribution in [0.3, 0.4) is 0 Å². The van der Waals surface area contributed by atoms with E-state index in [1.807, 2.05) is 0 Å². The molecular formula is C20H26ClN3O6S. The summed E-state index contributed by atoms with van der Waals surface area (Å²) in [7, 11) is -3.75. The molecule has 2 fully saturated rings. The number of nitrogens with zero attached hydrogens (tertiary/aromatic N) is 2. The molecule has 2 amide bonds. The summed E-state index contributed by atoms with van der Waals surface area (Å²) in [6, 6.07) is 3.64. The van der Waals surface area contributed by atoms with Crippen molar-refractivity contribution in [1.82, 2.24) is 14.5 Å². The van der Waals surface area contributed by atoms with Gasteiger partial charge in [-0.05, 0) is 25.5 Å². The normalized spacial score (nSPS) is 24.8. The highest BCUT2D eigenvalue weighted by Crippen LogP contribution is 2.36. The maximum atomic E-state index is 12.8. The topological polar surface area (TPSA) is 105 Å². The molecule has 3 heterocycles. The van der Waals surface area contributed by atoms with Crippen LogP contribution in [0, 0.1) is 0 Å². The van der Waals surface area contributed by atoms with Gasteiger partial charge in [0.05, 0.1) is 25.6 Å². The Bertz CT molecular complexity index is 966. The first kappa shape index (κ1) is 22.3. The van der Waals surface area contributed by atoms with Crippen LogP contribution in [0.25, 0.3) is 0 Å².